The van der Waals surface area contributed by atoms with E-state index in [1.54, 1.807) is 46.6 Å². The first-order valence-electron chi connectivity index (χ1n) is 17.0. The number of amides is 1. The van der Waals surface area contributed by atoms with E-state index in [2.05, 4.69) is 4.98 Å². The summed E-state index contributed by atoms with van der Waals surface area (Å²) in [5, 5.41) is 12.5. The fourth-order valence-corrected chi connectivity index (χ4v) is 6.88. The number of anilines is 2. The maximum absolute atomic E-state index is 12.5. The molecule has 6 rings (SSSR count). The molecular weight excluding hydrogens is 725 g/mol. The van der Waals surface area contributed by atoms with Crippen molar-refractivity contribution >= 4 is 46.3 Å². The highest BCUT2D eigenvalue weighted by atomic mass is 35.5. The van der Waals surface area contributed by atoms with Crippen molar-refractivity contribution in [1.82, 2.24) is 9.88 Å². The van der Waals surface area contributed by atoms with E-state index in [9.17, 15) is 14.9 Å². The molecule has 2 N–H and O–H groups in total. The molecule has 0 bridgehead atoms. The van der Waals surface area contributed by atoms with Gasteiger partial charge in [-0.25, -0.2) is 4.98 Å². The molecule has 1 atom stereocenters. The number of fused-ring (bicyclic) bond motifs is 1. The lowest BCUT2D eigenvalue weighted by atomic mass is 9.98. The molecule has 3 heterocycles. The van der Waals surface area contributed by atoms with E-state index in [1.807, 2.05) is 40.1 Å². The predicted octanol–water partition coefficient (Wildman–Crippen LogP) is 7.26. The Morgan fingerprint density at radius 3 is 2.13 bits per heavy atom. The van der Waals surface area contributed by atoms with Gasteiger partial charge in [0.05, 0.1) is 33.4 Å². The number of benzene rings is 3. The van der Waals surface area contributed by atoms with Crippen molar-refractivity contribution < 1.29 is 33.4 Å². The predicted molar refractivity (Wildman–Crippen MR) is 203 cm³/mol. The maximum Gasteiger partial charge on any atom is 0.310 e. The summed E-state index contributed by atoms with van der Waals surface area (Å²) in [7, 11) is 6.33. The number of methoxy groups -OCH3 is 4. The number of pyridine rings is 1. The van der Waals surface area contributed by atoms with Crippen molar-refractivity contribution in [2.45, 2.75) is 51.4 Å². The summed E-state index contributed by atoms with van der Waals surface area (Å²) in [6, 6.07) is 16.2. The van der Waals surface area contributed by atoms with Crippen LogP contribution in [0.15, 0.2) is 60.8 Å². The highest BCUT2D eigenvalue weighted by Gasteiger charge is 2.30. The normalized spacial score (nSPS) is 15.0. The Balaban J connectivity index is 0.000000230. The van der Waals surface area contributed by atoms with E-state index in [1.165, 1.54) is 6.07 Å². The minimum absolute atomic E-state index is 0.0263. The lowest BCUT2D eigenvalue weighted by molar-refractivity contribution is -0.384. The van der Waals surface area contributed by atoms with Crippen molar-refractivity contribution in [2.75, 3.05) is 52.2 Å². The number of carbonyl (C=O) groups excluding carboxylic acids is 1. The Morgan fingerprint density at radius 1 is 0.962 bits per heavy atom. The Hall–Kier alpha value is -4.98. The van der Waals surface area contributed by atoms with Crippen LogP contribution in [0.3, 0.4) is 0 Å². The van der Waals surface area contributed by atoms with E-state index >= 15 is 0 Å². The van der Waals surface area contributed by atoms with Crippen LogP contribution in [-0.2, 0) is 35.6 Å². The van der Waals surface area contributed by atoms with Crippen LogP contribution in [0.4, 0.5) is 17.2 Å². The molecule has 1 saturated heterocycles. The molecule has 0 saturated carbocycles. The van der Waals surface area contributed by atoms with Crippen LogP contribution in [0, 0.1) is 10.1 Å². The van der Waals surface area contributed by atoms with Gasteiger partial charge in [-0.2, -0.15) is 0 Å². The minimum atomic E-state index is -0.560. The molecule has 1 fully saturated rings. The fraction of sp³-hybridized carbons (Fsp3) is 0.368. The number of nitrogens with zero attached hydrogens (tertiary/aromatic N) is 4. The Kier molecular flexibility index (Phi) is 13.5. The highest BCUT2D eigenvalue weighted by Crippen LogP contribution is 2.34. The molecule has 1 unspecified atom stereocenters. The Labute approximate surface area is 318 Å². The quantitative estimate of drug-likeness (QED) is 0.121. The molecule has 2 aliphatic rings. The van der Waals surface area contributed by atoms with E-state index in [4.69, 9.17) is 52.6 Å². The lowest BCUT2D eigenvalue weighted by Crippen LogP contribution is -2.44. The zero-order valence-electron chi connectivity index (χ0n) is 30.1. The number of carbonyl (C=O) groups is 1. The van der Waals surface area contributed by atoms with Crippen LogP contribution in [0.2, 0.25) is 10.0 Å². The molecule has 13 nitrogen and oxygen atoms in total. The average Bonchev–Trinajstić information content (AvgIpc) is 3.17. The van der Waals surface area contributed by atoms with Crippen LogP contribution in [0.25, 0.3) is 0 Å². The second-order valence-electron chi connectivity index (χ2n) is 12.5. The standard InChI is InChI=1S/C23H26N4O6.C15H17Cl2NO2/c1-30-17-7-5-15(21(9-17)32-3)13-26(23-11-19(24)20(12-25-23)27(28)29)14-16-6-8-18(31-2)10-22(16)33-4;16-11-7-10-4-5-18(9-12(10)13(17)8-11)15(19)14-3-1-2-6-20-14/h5-12H,13-14H2,1-4H3,(H2,24,25);7-8,14H,1-6,9H2. The highest BCUT2D eigenvalue weighted by molar-refractivity contribution is 6.35. The Bertz CT molecular complexity index is 1870. The van der Waals surface area contributed by atoms with Gasteiger partial charge in [-0.05, 0) is 73.2 Å². The van der Waals surface area contributed by atoms with Gasteiger partial charge in [0.2, 0.25) is 0 Å². The van der Waals surface area contributed by atoms with Gasteiger partial charge < -0.3 is 39.2 Å². The molecule has 1 aromatic heterocycles. The van der Waals surface area contributed by atoms with Gasteiger partial charge in [-0.1, -0.05) is 23.2 Å². The van der Waals surface area contributed by atoms with Gasteiger partial charge in [0.15, 0.2) is 0 Å². The number of nitrogen functional groups attached to an aromatic ring is 1. The van der Waals surface area contributed by atoms with Gasteiger partial charge in [0.1, 0.15) is 46.8 Å². The molecule has 282 valence electrons. The second kappa shape index (κ2) is 18.2. The number of ether oxygens (including phenoxy) is 5. The smallest absolute Gasteiger partial charge is 0.310 e. The zero-order chi connectivity index (χ0) is 38.1. The van der Waals surface area contributed by atoms with Gasteiger partial charge in [0.25, 0.3) is 5.91 Å². The lowest BCUT2D eigenvalue weighted by Gasteiger charge is -2.33. The van der Waals surface area contributed by atoms with E-state index in [-0.39, 0.29) is 23.4 Å². The summed E-state index contributed by atoms with van der Waals surface area (Å²) in [6.45, 7) is 2.72. The largest absolute Gasteiger partial charge is 0.497 e. The third-order valence-electron chi connectivity index (χ3n) is 9.15. The summed E-state index contributed by atoms with van der Waals surface area (Å²) in [5.74, 6) is 3.16. The van der Waals surface area contributed by atoms with Crippen LogP contribution < -0.4 is 29.6 Å². The first-order chi connectivity index (χ1) is 25.5. The van der Waals surface area contributed by atoms with Crippen LogP contribution in [0.5, 0.6) is 23.0 Å². The van der Waals surface area contributed by atoms with Crippen molar-refractivity contribution in [3.63, 3.8) is 0 Å². The van der Waals surface area contributed by atoms with Gasteiger partial charge in [-0.3, -0.25) is 14.9 Å². The molecule has 1 amide bonds. The van der Waals surface area contributed by atoms with Crippen LogP contribution in [-0.4, -0.2) is 68.4 Å². The molecule has 53 heavy (non-hydrogen) atoms. The minimum Gasteiger partial charge on any atom is -0.497 e. The summed E-state index contributed by atoms with van der Waals surface area (Å²) in [5.41, 5.74) is 9.62. The van der Waals surface area contributed by atoms with Gasteiger partial charge in [0, 0.05) is 72.2 Å². The van der Waals surface area contributed by atoms with Crippen molar-refractivity contribution in [2.24, 2.45) is 0 Å². The fourth-order valence-electron chi connectivity index (χ4n) is 6.28. The van der Waals surface area contributed by atoms with E-state index < -0.39 is 4.92 Å². The molecule has 3 aromatic carbocycles. The number of nitro groups is 1. The SMILES string of the molecule is COc1ccc(CN(Cc2ccc(OC)cc2OC)c2cc(N)c([N+](=O)[O-])cn2)c(OC)c1.O=C(C1CCCCO1)N1CCc2cc(Cl)cc(Cl)c2C1. The molecule has 0 aliphatic carbocycles. The topological polar surface area (TPSA) is 152 Å². The summed E-state index contributed by atoms with van der Waals surface area (Å²) in [4.78, 5) is 31.2. The second-order valence-corrected chi connectivity index (χ2v) is 13.3. The molecule has 0 spiro atoms. The average molecular weight is 769 g/mol. The molecule has 2 aliphatic heterocycles. The van der Waals surface area contributed by atoms with E-state index in [0.29, 0.717) is 71.6 Å². The summed E-state index contributed by atoms with van der Waals surface area (Å²) < 4.78 is 27.2. The maximum atomic E-state index is 12.5. The number of nitrogens with two attached hydrogens (primary N) is 1. The van der Waals surface area contributed by atoms with Crippen molar-refractivity contribution in [3.8, 4) is 23.0 Å². The molecule has 4 aromatic rings. The Morgan fingerprint density at radius 2 is 1.60 bits per heavy atom. The molecular formula is C38H43Cl2N5O8. The van der Waals surface area contributed by atoms with Gasteiger partial charge >= 0.3 is 5.69 Å². The van der Waals surface area contributed by atoms with Crippen molar-refractivity contribution in [1.29, 1.82) is 0 Å². The number of hydrogen-bond acceptors (Lipinski definition) is 11. The summed E-state index contributed by atoms with van der Waals surface area (Å²) in [6.07, 6.45) is 4.64. The molecule has 15 heteroatoms. The number of halogens is 2. The summed E-state index contributed by atoms with van der Waals surface area (Å²) >= 11 is 12.3. The number of rotatable bonds is 11. The first-order valence-corrected chi connectivity index (χ1v) is 17.7. The number of aromatic nitrogens is 1. The van der Waals surface area contributed by atoms with Gasteiger partial charge in [-0.15, -0.1) is 0 Å². The third kappa shape index (κ3) is 9.72. The van der Waals surface area contributed by atoms with E-state index in [0.717, 1.165) is 54.1 Å². The monoisotopic (exact) mass is 767 g/mol. The van der Waals surface area contributed by atoms with Crippen LogP contribution >= 0.6 is 23.2 Å². The molecule has 0 radical (unpaired) electrons. The number of hydrogen-bond donors (Lipinski definition) is 1. The third-order valence-corrected chi connectivity index (χ3v) is 9.71. The van der Waals surface area contributed by atoms with Crippen molar-refractivity contribution in [3.05, 3.63) is 103 Å². The zero-order valence-corrected chi connectivity index (χ0v) is 31.6. The van der Waals surface area contributed by atoms with Crippen LogP contribution in [0.1, 0.15) is 41.5 Å². The first kappa shape index (κ1) is 39.2.